The van der Waals surface area contributed by atoms with Gasteiger partial charge in [0.15, 0.2) is 0 Å². The average molecular weight is 454 g/mol. The molecule has 1 N–H and O–H groups in total. The average Bonchev–Trinajstić information content (AvgIpc) is 3.31. The van der Waals surface area contributed by atoms with Crippen LogP contribution in [-0.2, 0) is 27.3 Å². The monoisotopic (exact) mass is 453 g/mol. The van der Waals surface area contributed by atoms with Gasteiger partial charge in [0.2, 0.25) is 17.7 Å². The van der Waals surface area contributed by atoms with E-state index in [2.05, 4.69) is 29.5 Å². The summed E-state index contributed by atoms with van der Waals surface area (Å²) < 4.78 is 1.65. The third kappa shape index (κ3) is 6.91. The van der Waals surface area contributed by atoms with Gasteiger partial charge >= 0.3 is 0 Å². The second-order valence-corrected chi connectivity index (χ2v) is 8.86. The van der Waals surface area contributed by atoms with Gasteiger partial charge in [-0.2, -0.15) is 5.10 Å². The Morgan fingerprint density at radius 2 is 1.91 bits per heavy atom. The minimum Gasteiger partial charge on any atom is -0.356 e. The Bertz CT molecular complexity index is 935. The van der Waals surface area contributed by atoms with Gasteiger partial charge in [0.05, 0.1) is 0 Å². The fourth-order valence-electron chi connectivity index (χ4n) is 4.55. The van der Waals surface area contributed by atoms with Gasteiger partial charge in [0, 0.05) is 58.5 Å². The van der Waals surface area contributed by atoms with Gasteiger partial charge in [0.25, 0.3) is 0 Å². The Morgan fingerprint density at radius 1 is 1.18 bits per heavy atom. The third-order valence-corrected chi connectivity index (χ3v) is 6.59. The summed E-state index contributed by atoms with van der Waals surface area (Å²) >= 11 is 0. The number of rotatable bonds is 9. The molecule has 8 heteroatoms. The van der Waals surface area contributed by atoms with Gasteiger partial charge < -0.3 is 15.1 Å². The zero-order chi connectivity index (χ0) is 23.8. The van der Waals surface area contributed by atoms with E-state index in [9.17, 15) is 14.4 Å². The van der Waals surface area contributed by atoms with E-state index in [1.807, 2.05) is 35.0 Å². The summed E-state index contributed by atoms with van der Waals surface area (Å²) in [4.78, 5) is 40.4. The van der Waals surface area contributed by atoms with Crippen LogP contribution in [0, 0.1) is 12.8 Å². The SMILES string of the molecule is CC(=O)NCCC(=O)N1CCC([C@H](Cc2ccccc2C)N(C)C(=O)Cn2cccn2)CC1. The van der Waals surface area contributed by atoms with Crippen molar-refractivity contribution in [1.82, 2.24) is 24.9 Å². The first-order chi connectivity index (χ1) is 15.8. The van der Waals surface area contributed by atoms with Crippen LogP contribution >= 0.6 is 0 Å². The second-order valence-electron chi connectivity index (χ2n) is 8.86. The van der Waals surface area contributed by atoms with Gasteiger partial charge in [-0.05, 0) is 49.3 Å². The molecule has 1 aromatic carbocycles. The van der Waals surface area contributed by atoms with Crippen LogP contribution < -0.4 is 5.32 Å². The van der Waals surface area contributed by atoms with E-state index in [-0.39, 0.29) is 30.3 Å². The van der Waals surface area contributed by atoms with E-state index in [0.717, 1.165) is 19.3 Å². The molecule has 0 unspecified atom stereocenters. The second kappa shape index (κ2) is 11.6. The van der Waals surface area contributed by atoms with E-state index in [1.54, 1.807) is 17.1 Å². The first-order valence-electron chi connectivity index (χ1n) is 11.6. The Morgan fingerprint density at radius 3 is 2.55 bits per heavy atom. The van der Waals surface area contributed by atoms with Crippen LogP contribution in [0.5, 0.6) is 0 Å². The number of aryl methyl sites for hydroxylation is 1. The van der Waals surface area contributed by atoms with Crippen LogP contribution in [0.1, 0.15) is 37.3 Å². The summed E-state index contributed by atoms with van der Waals surface area (Å²) in [5.41, 5.74) is 2.47. The van der Waals surface area contributed by atoms with Crippen LogP contribution in [0.2, 0.25) is 0 Å². The van der Waals surface area contributed by atoms with Gasteiger partial charge in [-0.1, -0.05) is 24.3 Å². The number of carbonyl (C=O) groups is 3. The minimum atomic E-state index is -0.122. The van der Waals surface area contributed by atoms with Crippen molar-refractivity contribution in [3.05, 3.63) is 53.9 Å². The maximum atomic E-state index is 13.1. The number of nitrogens with zero attached hydrogens (tertiary/aromatic N) is 4. The zero-order valence-corrected chi connectivity index (χ0v) is 19.9. The highest BCUT2D eigenvalue weighted by molar-refractivity contribution is 5.78. The van der Waals surface area contributed by atoms with Gasteiger partial charge in [-0.25, -0.2) is 0 Å². The lowest BCUT2D eigenvalue weighted by Gasteiger charge is -2.40. The molecule has 178 valence electrons. The number of hydrogen-bond acceptors (Lipinski definition) is 4. The molecule has 3 amide bonds. The fourth-order valence-corrected chi connectivity index (χ4v) is 4.55. The lowest BCUT2D eigenvalue weighted by atomic mass is 9.84. The molecule has 0 spiro atoms. The standard InChI is InChI=1S/C25H35N5O3/c1-19-7-4-5-8-22(19)17-23(28(3)25(33)18-30-14-6-12-27-30)21-10-15-29(16-11-21)24(32)9-13-26-20(2)31/h4-8,12,14,21,23H,9-11,13,15-18H2,1-3H3,(H,26,31)/t23-/m0/s1. The van der Waals surface area contributed by atoms with Crippen molar-refractivity contribution in [1.29, 1.82) is 0 Å². The summed E-state index contributed by atoms with van der Waals surface area (Å²) in [6, 6.07) is 10.2. The predicted octanol–water partition coefficient (Wildman–Crippen LogP) is 2.03. The van der Waals surface area contributed by atoms with Crippen molar-refractivity contribution in [3.8, 4) is 0 Å². The number of likely N-dealkylation sites (N-methyl/N-ethyl adjacent to an activating group) is 1. The number of likely N-dealkylation sites (tertiary alicyclic amines) is 1. The molecule has 2 heterocycles. The molecule has 3 rings (SSSR count). The highest BCUT2D eigenvalue weighted by Gasteiger charge is 2.33. The van der Waals surface area contributed by atoms with E-state index in [0.29, 0.717) is 32.0 Å². The Kier molecular flexibility index (Phi) is 8.63. The predicted molar refractivity (Wildman–Crippen MR) is 126 cm³/mol. The molecular formula is C25H35N5O3. The number of benzene rings is 1. The van der Waals surface area contributed by atoms with Crippen molar-refractivity contribution in [2.45, 2.75) is 52.1 Å². The van der Waals surface area contributed by atoms with Crippen LogP contribution in [0.3, 0.4) is 0 Å². The van der Waals surface area contributed by atoms with Crippen molar-refractivity contribution >= 4 is 17.7 Å². The molecule has 33 heavy (non-hydrogen) atoms. The Hall–Kier alpha value is -3.16. The summed E-state index contributed by atoms with van der Waals surface area (Å²) in [6.45, 7) is 5.50. The summed E-state index contributed by atoms with van der Waals surface area (Å²) in [6.07, 6.45) is 6.28. The topological polar surface area (TPSA) is 87.5 Å². The summed E-state index contributed by atoms with van der Waals surface area (Å²) in [5, 5.41) is 6.85. The molecule has 0 aliphatic carbocycles. The quantitative estimate of drug-likeness (QED) is 0.629. The number of aromatic nitrogens is 2. The Balaban J connectivity index is 1.66. The molecule has 1 aromatic heterocycles. The van der Waals surface area contributed by atoms with E-state index >= 15 is 0 Å². The number of hydrogen-bond donors (Lipinski definition) is 1. The number of nitrogens with one attached hydrogen (secondary N) is 1. The molecule has 0 radical (unpaired) electrons. The van der Waals surface area contributed by atoms with Crippen molar-refractivity contribution in [2.75, 3.05) is 26.7 Å². The lowest BCUT2D eigenvalue weighted by molar-refractivity contribution is -0.137. The molecule has 8 nitrogen and oxygen atoms in total. The lowest BCUT2D eigenvalue weighted by Crippen LogP contribution is -2.49. The Labute approximate surface area is 195 Å². The van der Waals surface area contributed by atoms with E-state index < -0.39 is 0 Å². The molecule has 2 aromatic rings. The maximum Gasteiger partial charge on any atom is 0.244 e. The fraction of sp³-hybridized carbons (Fsp3) is 0.520. The molecule has 1 fully saturated rings. The summed E-state index contributed by atoms with van der Waals surface area (Å²) in [7, 11) is 1.89. The van der Waals surface area contributed by atoms with E-state index in [4.69, 9.17) is 0 Å². The normalized spacial score (nSPS) is 15.2. The molecular weight excluding hydrogens is 418 g/mol. The maximum absolute atomic E-state index is 13.1. The first kappa shape index (κ1) is 24.5. The molecule has 1 atom stereocenters. The number of piperidine rings is 1. The molecule has 0 saturated carbocycles. The molecule has 1 aliphatic heterocycles. The highest BCUT2D eigenvalue weighted by Crippen LogP contribution is 2.27. The molecule has 0 bridgehead atoms. The third-order valence-electron chi connectivity index (χ3n) is 6.59. The highest BCUT2D eigenvalue weighted by atomic mass is 16.2. The van der Waals surface area contributed by atoms with Gasteiger partial charge in [-0.3, -0.25) is 19.1 Å². The van der Waals surface area contributed by atoms with Crippen LogP contribution in [0.4, 0.5) is 0 Å². The van der Waals surface area contributed by atoms with Crippen molar-refractivity contribution in [3.63, 3.8) is 0 Å². The van der Waals surface area contributed by atoms with Crippen molar-refractivity contribution < 1.29 is 14.4 Å². The minimum absolute atomic E-state index is 0.0334. The van der Waals surface area contributed by atoms with Gasteiger partial charge in [-0.15, -0.1) is 0 Å². The largest absolute Gasteiger partial charge is 0.356 e. The van der Waals surface area contributed by atoms with Crippen LogP contribution in [0.25, 0.3) is 0 Å². The smallest absolute Gasteiger partial charge is 0.244 e. The zero-order valence-electron chi connectivity index (χ0n) is 19.9. The van der Waals surface area contributed by atoms with Crippen molar-refractivity contribution in [2.24, 2.45) is 5.92 Å². The van der Waals surface area contributed by atoms with Gasteiger partial charge in [0.1, 0.15) is 6.54 Å². The number of amides is 3. The molecule has 1 aliphatic rings. The number of carbonyl (C=O) groups excluding carboxylic acids is 3. The van der Waals surface area contributed by atoms with Crippen LogP contribution in [-0.4, -0.2) is 70.0 Å². The van der Waals surface area contributed by atoms with Crippen LogP contribution in [0.15, 0.2) is 42.7 Å². The summed E-state index contributed by atoms with van der Waals surface area (Å²) in [5.74, 6) is 0.283. The molecule has 1 saturated heterocycles. The van der Waals surface area contributed by atoms with E-state index in [1.165, 1.54) is 18.1 Å². The first-order valence-corrected chi connectivity index (χ1v) is 11.6.